The number of pyridine rings is 1. The number of aliphatic carboxylic acids is 1. The highest BCUT2D eigenvalue weighted by molar-refractivity contribution is 5.70. The molecule has 0 fully saturated rings. The topological polar surface area (TPSA) is 50.2 Å². The van der Waals surface area contributed by atoms with Gasteiger partial charge in [0.2, 0.25) is 0 Å². The fourth-order valence-corrected chi connectivity index (χ4v) is 1.28. The molecule has 0 aliphatic heterocycles. The molecule has 0 radical (unpaired) electrons. The lowest BCUT2D eigenvalue weighted by Gasteiger charge is -2.09. The van der Waals surface area contributed by atoms with E-state index in [1.54, 1.807) is 18.5 Å². The Morgan fingerprint density at radius 1 is 1.62 bits per heavy atom. The highest BCUT2D eigenvalue weighted by Crippen LogP contribution is 2.18. The summed E-state index contributed by atoms with van der Waals surface area (Å²) in [6.45, 7) is 4.06. The molecule has 1 rings (SSSR count). The minimum Gasteiger partial charge on any atom is -0.481 e. The lowest BCUT2D eigenvalue weighted by atomic mass is 9.98. The van der Waals surface area contributed by atoms with Crippen molar-refractivity contribution in [2.24, 2.45) is 0 Å². The van der Waals surface area contributed by atoms with Crippen molar-refractivity contribution in [3.05, 3.63) is 29.6 Å². The summed E-state index contributed by atoms with van der Waals surface area (Å²) in [7, 11) is 0. The molecule has 13 heavy (non-hydrogen) atoms. The normalized spacial score (nSPS) is 10.4. The van der Waals surface area contributed by atoms with E-state index < -0.39 is 5.97 Å². The second kappa shape index (κ2) is 4.03. The highest BCUT2D eigenvalue weighted by atomic mass is 16.4. The van der Waals surface area contributed by atoms with Crippen molar-refractivity contribution in [2.75, 3.05) is 0 Å². The predicted molar refractivity (Wildman–Crippen MR) is 49.7 cm³/mol. The van der Waals surface area contributed by atoms with E-state index in [2.05, 4.69) is 4.98 Å². The van der Waals surface area contributed by atoms with Gasteiger partial charge in [-0.2, -0.15) is 0 Å². The Morgan fingerprint density at radius 2 is 2.31 bits per heavy atom. The molecule has 1 heterocycles. The van der Waals surface area contributed by atoms with Crippen molar-refractivity contribution in [3.63, 3.8) is 0 Å². The van der Waals surface area contributed by atoms with Crippen LogP contribution in [0.5, 0.6) is 0 Å². The first-order valence-electron chi connectivity index (χ1n) is 4.26. The number of nitrogens with zero attached hydrogens (tertiary/aromatic N) is 1. The Morgan fingerprint density at radius 3 is 2.85 bits per heavy atom. The summed E-state index contributed by atoms with van der Waals surface area (Å²) < 4.78 is 0. The van der Waals surface area contributed by atoms with Crippen molar-refractivity contribution < 1.29 is 9.90 Å². The highest BCUT2D eigenvalue weighted by Gasteiger charge is 2.08. The monoisotopic (exact) mass is 179 g/mol. The minimum absolute atomic E-state index is 0.0794. The van der Waals surface area contributed by atoms with E-state index in [-0.39, 0.29) is 6.42 Å². The van der Waals surface area contributed by atoms with Crippen molar-refractivity contribution in [1.29, 1.82) is 0 Å². The zero-order valence-electron chi connectivity index (χ0n) is 7.82. The van der Waals surface area contributed by atoms with Crippen LogP contribution >= 0.6 is 0 Å². The van der Waals surface area contributed by atoms with Gasteiger partial charge in [-0.05, 0) is 23.1 Å². The maximum atomic E-state index is 10.5. The van der Waals surface area contributed by atoms with Crippen molar-refractivity contribution in [3.8, 4) is 0 Å². The lowest BCUT2D eigenvalue weighted by molar-refractivity contribution is -0.136. The Kier molecular flexibility index (Phi) is 3.01. The van der Waals surface area contributed by atoms with E-state index in [0.29, 0.717) is 5.92 Å². The summed E-state index contributed by atoms with van der Waals surface area (Å²) in [5.74, 6) is -0.476. The van der Waals surface area contributed by atoms with Crippen LogP contribution in [-0.2, 0) is 11.2 Å². The number of rotatable bonds is 3. The van der Waals surface area contributed by atoms with E-state index in [4.69, 9.17) is 5.11 Å². The van der Waals surface area contributed by atoms with Crippen molar-refractivity contribution in [2.45, 2.75) is 26.2 Å². The molecule has 0 aliphatic rings. The maximum absolute atomic E-state index is 10.5. The van der Waals surface area contributed by atoms with Gasteiger partial charge in [0.25, 0.3) is 0 Å². The van der Waals surface area contributed by atoms with E-state index in [1.807, 2.05) is 13.8 Å². The van der Waals surface area contributed by atoms with Crippen LogP contribution in [0.15, 0.2) is 18.5 Å². The third-order valence-corrected chi connectivity index (χ3v) is 1.91. The van der Waals surface area contributed by atoms with Gasteiger partial charge in [-0.25, -0.2) is 0 Å². The van der Waals surface area contributed by atoms with Crippen molar-refractivity contribution >= 4 is 5.97 Å². The molecule has 1 aromatic heterocycles. The predicted octanol–water partition coefficient (Wildman–Crippen LogP) is 1.83. The van der Waals surface area contributed by atoms with Crippen LogP contribution in [-0.4, -0.2) is 16.1 Å². The number of aromatic nitrogens is 1. The Balaban J connectivity index is 2.97. The molecule has 0 saturated carbocycles. The van der Waals surface area contributed by atoms with Crippen LogP contribution in [0, 0.1) is 0 Å². The Bertz CT molecular complexity index is 308. The Labute approximate surface area is 77.4 Å². The van der Waals surface area contributed by atoms with Crippen LogP contribution in [0.25, 0.3) is 0 Å². The molecule has 0 atom stereocenters. The third-order valence-electron chi connectivity index (χ3n) is 1.91. The van der Waals surface area contributed by atoms with Gasteiger partial charge in [-0.1, -0.05) is 13.8 Å². The molecular weight excluding hydrogens is 166 g/mol. The van der Waals surface area contributed by atoms with Crippen LogP contribution in [0.3, 0.4) is 0 Å². The first-order valence-corrected chi connectivity index (χ1v) is 4.26. The molecule has 0 aliphatic carbocycles. The van der Waals surface area contributed by atoms with Crippen LogP contribution in [0.4, 0.5) is 0 Å². The summed E-state index contributed by atoms with van der Waals surface area (Å²) in [6.07, 6.45) is 3.45. The van der Waals surface area contributed by atoms with Gasteiger partial charge in [0.15, 0.2) is 0 Å². The molecule has 0 unspecified atom stereocenters. The number of carboxylic acid groups (broad SMARTS) is 1. The first kappa shape index (κ1) is 9.71. The van der Waals surface area contributed by atoms with Gasteiger partial charge in [-0.3, -0.25) is 9.78 Å². The second-order valence-corrected chi connectivity index (χ2v) is 3.30. The van der Waals surface area contributed by atoms with Gasteiger partial charge in [0.05, 0.1) is 6.42 Å². The lowest BCUT2D eigenvalue weighted by Crippen LogP contribution is -2.04. The molecule has 0 amide bonds. The smallest absolute Gasteiger partial charge is 0.307 e. The zero-order valence-corrected chi connectivity index (χ0v) is 7.82. The number of carboxylic acids is 1. The summed E-state index contributed by atoms with van der Waals surface area (Å²) in [6, 6.07) is 1.77. The summed E-state index contributed by atoms with van der Waals surface area (Å²) in [5, 5.41) is 8.65. The van der Waals surface area contributed by atoms with Crippen LogP contribution < -0.4 is 0 Å². The van der Waals surface area contributed by atoms with E-state index in [9.17, 15) is 4.79 Å². The average molecular weight is 179 g/mol. The molecule has 0 saturated heterocycles. The molecular formula is C10H13NO2. The molecule has 0 bridgehead atoms. The summed E-state index contributed by atoms with van der Waals surface area (Å²) >= 11 is 0. The van der Waals surface area contributed by atoms with Gasteiger partial charge in [0.1, 0.15) is 0 Å². The average Bonchev–Trinajstić information content (AvgIpc) is 2.03. The molecule has 70 valence electrons. The molecule has 3 heteroatoms. The van der Waals surface area contributed by atoms with Gasteiger partial charge < -0.3 is 5.11 Å². The van der Waals surface area contributed by atoms with Gasteiger partial charge in [0, 0.05) is 12.4 Å². The number of hydrogen-bond donors (Lipinski definition) is 1. The van der Waals surface area contributed by atoms with E-state index in [1.165, 1.54) is 0 Å². The fourth-order valence-electron chi connectivity index (χ4n) is 1.28. The van der Waals surface area contributed by atoms with Gasteiger partial charge in [-0.15, -0.1) is 0 Å². The number of hydrogen-bond acceptors (Lipinski definition) is 2. The standard InChI is InChI=1S/C10H13NO2/c1-7(2)9-6-11-4-3-8(9)5-10(12)13/h3-4,6-7H,5H2,1-2H3,(H,12,13). The molecule has 0 aromatic carbocycles. The molecule has 1 aromatic rings. The zero-order chi connectivity index (χ0) is 9.84. The maximum Gasteiger partial charge on any atom is 0.307 e. The third kappa shape index (κ3) is 2.54. The summed E-state index contributed by atoms with van der Waals surface area (Å²) in [4.78, 5) is 14.5. The first-order chi connectivity index (χ1) is 6.11. The SMILES string of the molecule is CC(C)c1cnccc1CC(=O)O. The van der Waals surface area contributed by atoms with Crippen LogP contribution in [0.1, 0.15) is 30.9 Å². The molecule has 3 nitrogen and oxygen atoms in total. The quantitative estimate of drug-likeness (QED) is 0.770. The largest absolute Gasteiger partial charge is 0.481 e. The fraction of sp³-hybridized carbons (Fsp3) is 0.400. The van der Waals surface area contributed by atoms with E-state index in [0.717, 1.165) is 11.1 Å². The Hall–Kier alpha value is -1.38. The summed E-state index contributed by atoms with van der Waals surface area (Å²) in [5.41, 5.74) is 1.88. The number of carbonyl (C=O) groups is 1. The van der Waals surface area contributed by atoms with Crippen molar-refractivity contribution in [1.82, 2.24) is 4.98 Å². The minimum atomic E-state index is -0.798. The molecule has 1 N–H and O–H groups in total. The van der Waals surface area contributed by atoms with Gasteiger partial charge >= 0.3 is 5.97 Å². The molecule has 0 spiro atoms. The van der Waals surface area contributed by atoms with E-state index >= 15 is 0 Å². The van der Waals surface area contributed by atoms with Crippen LogP contribution in [0.2, 0.25) is 0 Å². The second-order valence-electron chi connectivity index (χ2n) is 3.30.